The first-order valence-electron chi connectivity index (χ1n) is 11.1. The minimum absolute atomic E-state index is 0.0519. The number of hydrogen-bond acceptors (Lipinski definition) is 6. The van der Waals surface area contributed by atoms with Crippen molar-refractivity contribution in [1.29, 1.82) is 0 Å². The van der Waals surface area contributed by atoms with Crippen LogP contribution in [0.2, 0.25) is 5.02 Å². The van der Waals surface area contributed by atoms with E-state index in [0.717, 1.165) is 11.1 Å². The number of nitrogens with zero attached hydrogens (tertiary/aromatic N) is 1. The van der Waals surface area contributed by atoms with Crippen molar-refractivity contribution < 1.29 is 19.4 Å². The van der Waals surface area contributed by atoms with Gasteiger partial charge in [0.05, 0.1) is 22.2 Å². The van der Waals surface area contributed by atoms with Crippen molar-refractivity contribution in [3.8, 4) is 5.75 Å². The third-order valence-corrected chi connectivity index (χ3v) is 6.44. The molecule has 0 unspecified atom stereocenters. The summed E-state index contributed by atoms with van der Waals surface area (Å²) in [5.74, 6) is -0.223. The predicted octanol–water partition coefficient (Wildman–Crippen LogP) is 7.42. The Morgan fingerprint density at radius 3 is 2.51 bits per heavy atom. The highest BCUT2D eigenvalue weighted by atomic mass is 35.5. The lowest BCUT2D eigenvalue weighted by Gasteiger charge is -2.09. The molecule has 7 heteroatoms. The maximum Gasteiger partial charge on any atom is 0.344 e. The number of halogens is 1. The average molecular weight is 506 g/mol. The van der Waals surface area contributed by atoms with E-state index < -0.39 is 5.97 Å². The molecule has 0 saturated heterocycles. The van der Waals surface area contributed by atoms with Crippen molar-refractivity contribution in [3.05, 3.63) is 111 Å². The van der Waals surface area contributed by atoms with Crippen LogP contribution in [-0.4, -0.2) is 22.7 Å². The van der Waals surface area contributed by atoms with Gasteiger partial charge in [-0.25, -0.2) is 9.79 Å². The molecule has 4 rings (SSSR count). The Labute approximate surface area is 213 Å². The van der Waals surface area contributed by atoms with Gasteiger partial charge in [-0.15, -0.1) is 0 Å². The predicted molar refractivity (Wildman–Crippen MR) is 142 cm³/mol. The van der Waals surface area contributed by atoms with E-state index in [9.17, 15) is 9.90 Å². The number of carbonyl (C=O) groups is 1. The Kier molecular flexibility index (Phi) is 7.95. The number of para-hydroxylation sites is 1. The molecule has 0 bridgehead atoms. The van der Waals surface area contributed by atoms with E-state index >= 15 is 0 Å². The van der Waals surface area contributed by atoms with Crippen molar-refractivity contribution in [1.82, 2.24) is 0 Å². The van der Waals surface area contributed by atoms with Crippen LogP contribution in [0.1, 0.15) is 23.6 Å². The zero-order chi connectivity index (χ0) is 24.8. The quantitative estimate of drug-likeness (QED) is 0.338. The number of esters is 1. The summed E-state index contributed by atoms with van der Waals surface area (Å²) in [6.07, 6.45) is 1.75. The Hall–Kier alpha value is -3.48. The summed E-state index contributed by atoms with van der Waals surface area (Å²) in [6, 6.07) is 22.7. The maximum absolute atomic E-state index is 12.6. The standard InChI is InChI=1S/C28H24ClNO4S/c1-3-33-28(32)25-26(31)24(35-27(25)30-21-7-5-4-6-8-21)16-20-13-14-23(22(29)15-20)34-17-19-11-9-18(2)10-12-19/h4-16,31H,3,17H2,1-2H3/b24-16-,30-27?. The molecule has 0 aromatic heterocycles. The van der Waals surface area contributed by atoms with Gasteiger partial charge in [-0.3, -0.25) is 0 Å². The summed E-state index contributed by atoms with van der Waals surface area (Å²) < 4.78 is 11.0. The number of ether oxygens (including phenoxy) is 2. The summed E-state index contributed by atoms with van der Waals surface area (Å²) in [5, 5.41) is 11.7. The molecule has 0 atom stereocenters. The number of aliphatic imine (C=N–C) groups is 1. The van der Waals surface area contributed by atoms with E-state index in [1.54, 1.807) is 25.1 Å². The Balaban J connectivity index is 1.58. The molecule has 178 valence electrons. The summed E-state index contributed by atoms with van der Waals surface area (Å²) in [6.45, 7) is 4.35. The van der Waals surface area contributed by atoms with Crippen molar-refractivity contribution >= 4 is 46.1 Å². The second-order valence-corrected chi connectivity index (χ2v) is 9.21. The molecule has 1 N–H and O–H groups in total. The first-order valence-corrected chi connectivity index (χ1v) is 12.3. The molecule has 3 aromatic carbocycles. The van der Waals surface area contributed by atoms with Gasteiger partial charge in [0.1, 0.15) is 28.7 Å². The number of hydrogen-bond donors (Lipinski definition) is 1. The molecule has 1 heterocycles. The highest BCUT2D eigenvalue weighted by molar-refractivity contribution is 8.18. The van der Waals surface area contributed by atoms with Crippen LogP contribution < -0.4 is 4.74 Å². The number of benzene rings is 3. The summed E-state index contributed by atoms with van der Waals surface area (Å²) in [5.41, 5.74) is 3.71. The number of carbonyl (C=O) groups excluding carboxylic acids is 1. The minimum atomic E-state index is -0.617. The molecule has 0 aliphatic carbocycles. The summed E-state index contributed by atoms with van der Waals surface area (Å²) >= 11 is 7.67. The van der Waals surface area contributed by atoms with Crippen LogP contribution in [0.4, 0.5) is 5.69 Å². The third kappa shape index (κ3) is 6.15. The number of aliphatic hydroxyl groups is 1. The molecule has 0 fully saturated rings. The molecule has 0 spiro atoms. The van der Waals surface area contributed by atoms with Crippen LogP contribution in [0.5, 0.6) is 5.75 Å². The first-order chi connectivity index (χ1) is 16.9. The monoisotopic (exact) mass is 505 g/mol. The summed E-state index contributed by atoms with van der Waals surface area (Å²) in [4.78, 5) is 17.6. The topological polar surface area (TPSA) is 68.1 Å². The second kappa shape index (κ2) is 11.3. The lowest BCUT2D eigenvalue weighted by molar-refractivity contribution is -0.138. The van der Waals surface area contributed by atoms with E-state index in [4.69, 9.17) is 21.1 Å². The van der Waals surface area contributed by atoms with Crippen molar-refractivity contribution in [3.63, 3.8) is 0 Å². The van der Waals surface area contributed by atoms with Gasteiger partial charge >= 0.3 is 5.97 Å². The van der Waals surface area contributed by atoms with Crippen LogP contribution in [0.15, 0.2) is 94.0 Å². The molecule has 1 aliphatic heterocycles. The van der Waals surface area contributed by atoms with Gasteiger partial charge in [-0.2, -0.15) is 0 Å². The fourth-order valence-electron chi connectivity index (χ4n) is 3.33. The van der Waals surface area contributed by atoms with Gasteiger partial charge in [0.2, 0.25) is 0 Å². The van der Waals surface area contributed by atoms with Crippen LogP contribution >= 0.6 is 23.4 Å². The van der Waals surface area contributed by atoms with Gasteiger partial charge in [-0.05, 0) is 55.3 Å². The van der Waals surface area contributed by atoms with Gasteiger partial charge in [0.15, 0.2) is 0 Å². The smallest absolute Gasteiger partial charge is 0.344 e. The molecular formula is C28H24ClNO4S. The maximum atomic E-state index is 12.6. The van der Waals surface area contributed by atoms with Crippen molar-refractivity contribution in [2.75, 3.05) is 6.61 Å². The second-order valence-electron chi connectivity index (χ2n) is 7.77. The van der Waals surface area contributed by atoms with Crippen LogP contribution in [-0.2, 0) is 16.1 Å². The summed E-state index contributed by atoms with van der Waals surface area (Å²) in [7, 11) is 0. The molecular weight excluding hydrogens is 482 g/mol. The van der Waals surface area contributed by atoms with Crippen LogP contribution in [0, 0.1) is 6.92 Å². The van der Waals surface area contributed by atoms with E-state index in [0.29, 0.717) is 33.0 Å². The van der Waals surface area contributed by atoms with E-state index in [2.05, 4.69) is 4.99 Å². The average Bonchev–Trinajstić information content (AvgIpc) is 3.14. The molecule has 5 nitrogen and oxygen atoms in total. The normalized spacial score (nSPS) is 15.6. The van der Waals surface area contributed by atoms with E-state index in [-0.39, 0.29) is 17.9 Å². The van der Waals surface area contributed by atoms with E-state index in [1.807, 2.05) is 67.6 Å². The molecule has 1 aliphatic rings. The minimum Gasteiger partial charge on any atom is -0.506 e. The third-order valence-electron chi connectivity index (χ3n) is 5.13. The van der Waals surface area contributed by atoms with E-state index in [1.165, 1.54) is 17.3 Å². The lowest BCUT2D eigenvalue weighted by Crippen LogP contribution is -2.12. The van der Waals surface area contributed by atoms with Gasteiger partial charge in [0.25, 0.3) is 0 Å². The zero-order valence-corrected chi connectivity index (χ0v) is 20.9. The fourth-order valence-corrected chi connectivity index (χ4v) is 4.61. The highest BCUT2D eigenvalue weighted by Gasteiger charge is 2.33. The largest absolute Gasteiger partial charge is 0.506 e. The molecule has 35 heavy (non-hydrogen) atoms. The number of aryl methyl sites for hydroxylation is 1. The van der Waals surface area contributed by atoms with Crippen LogP contribution in [0.3, 0.4) is 0 Å². The van der Waals surface area contributed by atoms with Crippen molar-refractivity contribution in [2.24, 2.45) is 4.99 Å². The fraction of sp³-hybridized carbons (Fsp3) is 0.143. The Morgan fingerprint density at radius 2 is 1.83 bits per heavy atom. The molecule has 0 radical (unpaired) electrons. The molecule has 0 saturated carbocycles. The lowest BCUT2D eigenvalue weighted by atomic mass is 10.1. The zero-order valence-electron chi connectivity index (χ0n) is 19.3. The number of rotatable bonds is 7. The number of thioether (sulfide) groups is 1. The van der Waals surface area contributed by atoms with Gasteiger partial charge < -0.3 is 14.6 Å². The molecule has 3 aromatic rings. The van der Waals surface area contributed by atoms with Crippen LogP contribution in [0.25, 0.3) is 6.08 Å². The SMILES string of the molecule is CCOC(=O)C1=C(O)/C(=C/c2ccc(OCc3ccc(C)cc3)c(Cl)c2)SC1=Nc1ccccc1. The number of aliphatic hydroxyl groups excluding tert-OH is 1. The van der Waals surface area contributed by atoms with Crippen molar-refractivity contribution in [2.45, 2.75) is 20.5 Å². The van der Waals surface area contributed by atoms with Gasteiger partial charge in [0, 0.05) is 0 Å². The Morgan fingerprint density at radius 1 is 1.09 bits per heavy atom. The molecule has 0 amide bonds. The highest BCUT2D eigenvalue weighted by Crippen LogP contribution is 2.40. The first kappa shape index (κ1) is 24.6. The van der Waals surface area contributed by atoms with Gasteiger partial charge in [-0.1, -0.05) is 77.5 Å². The Bertz CT molecular complexity index is 1310.